The Kier molecular flexibility index (Phi) is 3.99. The zero-order valence-electron chi connectivity index (χ0n) is 13.4. The molecule has 0 amide bonds. The Labute approximate surface area is 143 Å². The average molecular weight is 352 g/mol. The molecule has 1 fully saturated rings. The SMILES string of the molecule is FC(F)(F)CN(Cc1coc(-c2ncnc3[nH]ccc23)c1)CC1CC1.[HH]. The zero-order chi connectivity index (χ0) is 17.4. The van der Waals surface area contributed by atoms with E-state index < -0.39 is 12.7 Å². The molecule has 0 spiro atoms. The van der Waals surface area contributed by atoms with Crippen molar-refractivity contribution in [2.45, 2.75) is 25.6 Å². The smallest absolute Gasteiger partial charge is 0.401 e. The number of alkyl halides is 3. The highest BCUT2D eigenvalue weighted by Gasteiger charge is 2.34. The summed E-state index contributed by atoms with van der Waals surface area (Å²) in [7, 11) is 0. The maximum atomic E-state index is 12.8. The third kappa shape index (κ3) is 3.84. The fraction of sp³-hybridized carbons (Fsp3) is 0.412. The normalized spacial score (nSPS) is 15.4. The second-order valence-electron chi connectivity index (χ2n) is 6.51. The molecular weight excluding hydrogens is 333 g/mol. The second-order valence-corrected chi connectivity index (χ2v) is 6.51. The quantitative estimate of drug-likeness (QED) is 0.721. The maximum absolute atomic E-state index is 12.8. The van der Waals surface area contributed by atoms with Crippen LogP contribution in [0.2, 0.25) is 0 Å². The first-order valence-corrected chi connectivity index (χ1v) is 8.13. The topological polar surface area (TPSA) is 58.0 Å². The number of hydrogen-bond donors (Lipinski definition) is 1. The van der Waals surface area contributed by atoms with Crippen LogP contribution in [0.3, 0.4) is 0 Å². The Bertz CT molecular complexity index is 872. The lowest BCUT2D eigenvalue weighted by Crippen LogP contribution is -2.35. The van der Waals surface area contributed by atoms with Gasteiger partial charge in [0.25, 0.3) is 0 Å². The molecule has 3 heterocycles. The molecule has 0 bridgehead atoms. The summed E-state index contributed by atoms with van der Waals surface area (Å²) in [6, 6.07) is 3.60. The molecular formula is C17H19F3N4O. The molecule has 5 nitrogen and oxygen atoms in total. The lowest BCUT2D eigenvalue weighted by atomic mass is 10.2. The molecule has 1 saturated carbocycles. The van der Waals surface area contributed by atoms with Gasteiger partial charge in [-0.25, -0.2) is 9.97 Å². The van der Waals surface area contributed by atoms with E-state index in [1.165, 1.54) is 17.5 Å². The average Bonchev–Trinajstić information content (AvgIpc) is 3.04. The second kappa shape index (κ2) is 6.18. The number of aromatic amines is 1. The lowest BCUT2D eigenvalue weighted by Gasteiger charge is -2.22. The van der Waals surface area contributed by atoms with Gasteiger partial charge in [-0.15, -0.1) is 0 Å². The molecule has 8 heteroatoms. The number of nitrogens with zero attached hydrogens (tertiary/aromatic N) is 3. The van der Waals surface area contributed by atoms with Gasteiger partial charge in [-0.2, -0.15) is 13.2 Å². The van der Waals surface area contributed by atoms with E-state index in [0.29, 0.717) is 35.1 Å². The molecule has 4 rings (SSSR count). The Balaban J connectivity index is 0.00000196. The van der Waals surface area contributed by atoms with Gasteiger partial charge in [-0.05, 0) is 30.9 Å². The fourth-order valence-corrected chi connectivity index (χ4v) is 3.01. The molecule has 3 aromatic heterocycles. The largest absolute Gasteiger partial charge is 0.462 e. The molecule has 0 aliphatic heterocycles. The van der Waals surface area contributed by atoms with Gasteiger partial charge in [0.15, 0.2) is 5.76 Å². The minimum absolute atomic E-state index is 0. The molecule has 1 N–H and O–H groups in total. The van der Waals surface area contributed by atoms with E-state index in [1.807, 2.05) is 6.07 Å². The molecule has 0 aromatic carbocycles. The summed E-state index contributed by atoms with van der Waals surface area (Å²) in [5, 5.41) is 0.813. The van der Waals surface area contributed by atoms with Crippen LogP contribution in [-0.2, 0) is 6.54 Å². The van der Waals surface area contributed by atoms with Crippen molar-refractivity contribution < 1.29 is 19.0 Å². The first-order valence-electron chi connectivity index (χ1n) is 8.13. The first kappa shape index (κ1) is 16.1. The number of H-pyrrole nitrogens is 1. The van der Waals surface area contributed by atoms with Gasteiger partial charge in [0.1, 0.15) is 17.7 Å². The van der Waals surface area contributed by atoms with Crippen LogP contribution in [0.5, 0.6) is 0 Å². The van der Waals surface area contributed by atoms with E-state index in [1.54, 1.807) is 12.3 Å². The Morgan fingerprint density at radius 3 is 2.92 bits per heavy atom. The van der Waals surface area contributed by atoms with E-state index in [0.717, 1.165) is 18.2 Å². The van der Waals surface area contributed by atoms with Crippen LogP contribution in [0.4, 0.5) is 13.2 Å². The van der Waals surface area contributed by atoms with Gasteiger partial charge >= 0.3 is 6.18 Å². The van der Waals surface area contributed by atoms with Gasteiger partial charge in [0.2, 0.25) is 0 Å². The number of furan rings is 1. The van der Waals surface area contributed by atoms with Crippen LogP contribution < -0.4 is 0 Å². The predicted octanol–water partition coefficient (Wildman–Crippen LogP) is 4.24. The van der Waals surface area contributed by atoms with E-state index in [9.17, 15) is 13.2 Å². The highest BCUT2D eigenvalue weighted by atomic mass is 19.4. The number of hydrogen-bond acceptors (Lipinski definition) is 4. The lowest BCUT2D eigenvalue weighted by molar-refractivity contribution is -0.147. The van der Waals surface area contributed by atoms with E-state index >= 15 is 0 Å². The van der Waals surface area contributed by atoms with Gasteiger partial charge in [0.05, 0.1) is 12.8 Å². The van der Waals surface area contributed by atoms with Crippen LogP contribution in [0.1, 0.15) is 19.8 Å². The van der Waals surface area contributed by atoms with Gasteiger partial charge in [-0.3, -0.25) is 4.90 Å². The molecule has 1 aliphatic rings. The van der Waals surface area contributed by atoms with Crippen molar-refractivity contribution in [2.24, 2.45) is 5.92 Å². The first-order chi connectivity index (χ1) is 12.0. The number of halogens is 3. The predicted molar refractivity (Wildman–Crippen MR) is 87.8 cm³/mol. The Morgan fingerprint density at radius 1 is 1.32 bits per heavy atom. The minimum atomic E-state index is -4.20. The standard InChI is InChI=1S/C17H17F3N4O.H2/c18-17(19,20)9-24(6-11-1-2-11)7-12-5-14(25-8-12)15-13-3-4-21-16(13)23-10-22-15;/h3-5,8,10-11H,1-2,6-7,9H2,(H,21,22,23);1H. The third-order valence-corrected chi connectivity index (χ3v) is 4.26. The molecule has 1 aliphatic carbocycles. The minimum Gasteiger partial charge on any atom is -0.462 e. The van der Waals surface area contributed by atoms with Crippen LogP contribution in [0, 0.1) is 5.92 Å². The summed E-state index contributed by atoms with van der Waals surface area (Å²) in [5.74, 6) is 0.912. The van der Waals surface area contributed by atoms with Crippen molar-refractivity contribution in [2.75, 3.05) is 13.1 Å². The van der Waals surface area contributed by atoms with Crippen LogP contribution >= 0.6 is 0 Å². The molecule has 0 saturated heterocycles. The zero-order valence-corrected chi connectivity index (χ0v) is 13.4. The van der Waals surface area contributed by atoms with Crippen molar-refractivity contribution in [3.63, 3.8) is 0 Å². The number of fused-ring (bicyclic) bond motifs is 1. The monoisotopic (exact) mass is 352 g/mol. The number of rotatable bonds is 6. The van der Waals surface area contributed by atoms with Crippen LogP contribution in [-0.4, -0.2) is 39.1 Å². The van der Waals surface area contributed by atoms with E-state index in [-0.39, 0.29) is 7.97 Å². The third-order valence-electron chi connectivity index (χ3n) is 4.26. The summed E-state index contributed by atoms with van der Waals surface area (Å²) < 4.78 is 44.0. The van der Waals surface area contributed by atoms with Gasteiger partial charge in [0, 0.05) is 31.7 Å². The highest BCUT2D eigenvalue weighted by Crippen LogP contribution is 2.32. The van der Waals surface area contributed by atoms with Gasteiger partial charge in [-0.1, -0.05) is 0 Å². The van der Waals surface area contributed by atoms with Crippen molar-refractivity contribution >= 4 is 11.0 Å². The number of aromatic nitrogens is 3. The molecule has 0 radical (unpaired) electrons. The molecule has 0 atom stereocenters. The van der Waals surface area contributed by atoms with Crippen LogP contribution in [0.25, 0.3) is 22.5 Å². The summed E-state index contributed by atoms with van der Waals surface area (Å²) in [4.78, 5) is 12.8. The molecule has 3 aromatic rings. The summed E-state index contributed by atoms with van der Waals surface area (Å²) in [6.07, 6.45) is 2.51. The molecule has 134 valence electrons. The Hall–Kier alpha value is -2.35. The van der Waals surface area contributed by atoms with Gasteiger partial charge < -0.3 is 9.40 Å². The molecule has 25 heavy (non-hydrogen) atoms. The van der Waals surface area contributed by atoms with Crippen molar-refractivity contribution in [3.8, 4) is 11.5 Å². The van der Waals surface area contributed by atoms with Crippen molar-refractivity contribution in [3.05, 3.63) is 36.5 Å². The molecule has 0 unspecified atom stereocenters. The summed E-state index contributed by atoms with van der Waals surface area (Å²) in [6.45, 7) is -0.226. The Morgan fingerprint density at radius 2 is 2.16 bits per heavy atom. The van der Waals surface area contributed by atoms with E-state index in [4.69, 9.17) is 4.42 Å². The fourth-order valence-electron chi connectivity index (χ4n) is 3.01. The number of nitrogens with one attached hydrogen (secondary N) is 1. The summed E-state index contributed by atoms with van der Waals surface area (Å²) >= 11 is 0. The van der Waals surface area contributed by atoms with Crippen molar-refractivity contribution in [1.82, 2.24) is 19.9 Å². The van der Waals surface area contributed by atoms with Crippen molar-refractivity contribution in [1.29, 1.82) is 0 Å². The summed E-state index contributed by atoms with van der Waals surface area (Å²) in [5.41, 5.74) is 2.03. The maximum Gasteiger partial charge on any atom is 0.401 e. The highest BCUT2D eigenvalue weighted by molar-refractivity contribution is 5.88. The van der Waals surface area contributed by atoms with Crippen LogP contribution in [0.15, 0.2) is 35.3 Å². The van der Waals surface area contributed by atoms with E-state index in [2.05, 4.69) is 15.0 Å².